The molecule has 0 bridgehead atoms. The molecule has 4 nitrogen and oxygen atoms in total. The van der Waals surface area contributed by atoms with Gasteiger partial charge in [-0.25, -0.2) is 0 Å². The van der Waals surface area contributed by atoms with E-state index in [1.165, 1.54) is 19.3 Å². The predicted octanol–water partition coefficient (Wildman–Crippen LogP) is 5.68. The second-order valence-electron chi connectivity index (χ2n) is 11.5. The number of carbonyl (C=O) groups excluding carboxylic acids is 1. The van der Waals surface area contributed by atoms with Crippen molar-refractivity contribution in [1.82, 2.24) is 0 Å². The summed E-state index contributed by atoms with van der Waals surface area (Å²) in [6.45, 7) is 6.67. The Morgan fingerprint density at radius 2 is 1.77 bits per heavy atom. The summed E-state index contributed by atoms with van der Waals surface area (Å²) in [5.74, 6) is 2.14. The van der Waals surface area contributed by atoms with Gasteiger partial charge in [0.15, 0.2) is 0 Å². The van der Waals surface area contributed by atoms with Gasteiger partial charge in [0.2, 0.25) is 0 Å². The summed E-state index contributed by atoms with van der Waals surface area (Å²) < 4.78 is 32.8. The van der Waals surface area contributed by atoms with Crippen LogP contribution in [0, 0.1) is 41.4 Å². The van der Waals surface area contributed by atoms with Crippen molar-refractivity contribution in [2.75, 3.05) is 0 Å². The average Bonchev–Trinajstić information content (AvgIpc) is 3.09. The number of hydrogen-bond acceptors (Lipinski definition) is 4. The normalized spacial score (nSPS) is 42.5. The Hall–Kier alpha value is -1.20. The van der Waals surface area contributed by atoms with Crippen LogP contribution in [-0.2, 0) is 19.1 Å². The van der Waals surface area contributed by atoms with Crippen molar-refractivity contribution in [3.05, 3.63) is 29.8 Å². The third kappa shape index (κ3) is 3.51. The molecule has 5 rings (SSSR count). The molecular weight excluding hydrogens is 408 g/mol. The summed E-state index contributed by atoms with van der Waals surface area (Å²) >= 11 is 0. The zero-order chi connectivity index (χ0) is 22.0. The van der Waals surface area contributed by atoms with Gasteiger partial charge in [0, 0.05) is 12.8 Å². The highest BCUT2D eigenvalue weighted by atomic mass is 32.2. The lowest BCUT2D eigenvalue weighted by molar-refractivity contribution is -0.160. The fraction of sp³-hybridized carbons (Fsp3) is 0.731. The van der Waals surface area contributed by atoms with E-state index in [1.54, 1.807) is 12.1 Å². The molecule has 7 atom stereocenters. The first-order valence-corrected chi connectivity index (χ1v) is 13.5. The number of rotatable bonds is 3. The first-order chi connectivity index (χ1) is 14.6. The van der Waals surface area contributed by atoms with E-state index in [9.17, 15) is 13.2 Å². The number of benzene rings is 1. The minimum absolute atomic E-state index is 0.00574. The summed E-state index contributed by atoms with van der Waals surface area (Å²) in [5.41, 5.74) is 1.20. The van der Waals surface area contributed by atoms with Gasteiger partial charge in [-0.05, 0) is 92.1 Å². The zero-order valence-corrected chi connectivity index (χ0v) is 19.9. The Kier molecular flexibility index (Phi) is 5.17. The summed E-state index contributed by atoms with van der Waals surface area (Å²) in [4.78, 5) is 12.5. The quantitative estimate of drug-likeness (QED) is 0.563. The van der Waals surface area contributed by atoms with Gasteiger partial charge in [-0.2, -0.15) is 8.42 Å². The van der Waals surface area contributed by atoms with Gasteiger partial charge < -0.3 is 0 Å². The van der Waals surface area contributed by atoms with Crippen LogP contribution in [0.15, 0.2) is 29.2 Å². The van der Waals surface area contributed by atoms with Crippen LogP contribution in [0.4, 0.5) is 0 Å². The van der Waals surface area contributed by atoms with Crippen molar-refractivity contribution >= 4 is 15.9 Å². The van der Waals surface area contributed by atoms with Crippen molar-refractivity contribution in [3.8, 4) is 0 Å². The molecule has 0 aromatic heterocycles. The lowest BCUT2D eigenvalue weighted by Crippen LogP contribution is -2.58. The maximum Gasteiger partial charge on any atom is 0.297 e. The molecule has 5 heteroatoms. The molecule has 4 saturated carbocycles. The third-order valence-electron chi connectivity index (χ3n) is 9.72. The average molecular weight is 445 g/mol. The van der Waals surface area contributed by atoms with Crippen molar-refractivity contribution < 1.29 is 17.4 Å². The van der Waals surface area contributed by atoms with E-state index in [0.717, 1.165) is 31.2 Å². The molecule has 0 saturated heterocycles. The van der Waals surface area contributed by atoms with E-state index in [0.29, 0.717) is 36.4 Å². The lowest BCUT2D eigenvalue weighted by atomic mass is 9.44. The van der Waals surface area contributed by atoms with E-state index in [-0.39, 0.29) is 27.7 Å². The topological polar surface area (TPSA) is 60.4 Å². The number of fused-ring (bicyclic) bond motifs is 5. The third-order valence-corrected chi connectivity index (χ3v) is 11.1. The second kappa shape index (κ2) is 7.41. The van der Waals surface area contributed by atoms with Crippen LogP contribution in [0.5, 0.6) is 0 Å². The maximum atomic E-state index is 13.3. The second-order valence-corrected chi connectivity index (χ2v) is 13.0. The van der Waals surface area contributed by atoms with Gasteiger partial charge in [-0.15, -0.1) is 0 Å². The first-order valence-electron chi connectivity index (χ1n) is 12.1. The Morgan fingerprint density at radius 3 is 2.52 bits per heavy atom. The number of hydrogen-bond donors (Lipinski definition) is 0. The van der Waals surface area contributed by atoms with Crippen molar-refractivity contribution in [3.63, 3.8) is 0 Å². The minimum atomic E-state index is -3.83. The van der Waals surface area contributed by atoms with Gasteiger partial charge >= 0.3 is 0 Å². The molecule has 0 N–H and O–H groups in total. The molecule has 4 aliphatic rings. The van der Waals surface area contributed by atoms with Crippen LogP contribution in [0.1, 0.15) is 77.2 Å². The lowest BCUT2D eigenvalue weighted by Gasteiger charge is -2.61. The van der Waals surface area contributed by atoms with Gasteiger partial charge in [0.05, 0.1) is 11.0 Å². The first kappa shape index (κ1) is 21.6. The molecule has 4 aliphatic carbocycles. The Labute approximate surface area is 187 Å². The molecule has 31 heavy (non-hydrogen) atoms. The highest BCUT2D eigenvalue weighted by Gasteiger charge is 2.62. The van der Waals surface area contributed by atoms with E-state index >= 15 is 0 Å². The predicted molar refractivity (Wildman–Crippen MR) is 120 cm³/mol. The number of carbonyl (C=O) groups is 1. The molecule has 1 aromatic carbocycles. The molecule has 0 amide bonds. The molecular formula is C26H36O4S. The van der Waals surface area contributed by atoms with E-state index in [2.05, 4.69) is 13.8 Å². The summed E-state index contributed by atoms with van der Waals surface area (Å²) in [6, 6.07) is 6.99. The fourth-order valence-corrected chi connectivity index (χ4v) is 9.25. The molecule has 170 valence electrons. The molecule has 0 heterocycles. The van der Waals surface area contributed by atoms with Gasteiger partial charge in [0.1, 0.15) is 5.78 Å². The van der Waals surface area contributed by atoms with Gasteiger partial charge in [-0.3, -0.25) is 8.98 Å². The maximum absolute atomic E-state index is 13.3. The highest BCUT2D eigenvalue weighted by molar-refractivity contribution is 7.86. The number of ketones is 1. The summed E-state index contributed by atoms with van der Waals surface area (Å²) in [7, 11) is -3.83. The van der Waals surface area contributed by atoms with E-state index < -0.39 is 10.1 Å². The smallest absolute Gasteiger partial charge is 0.297 e. The standard InChI is InChI=1S/C26H36O4S/c1-17-6-9-20(10-7-17)31(28,29)30-23-16-25(2)13-4-5-22(25)21-11-8-18-15-19(27)12-14-26(18,3)24(21)23/h6-7,9-10,18,21-24H,4-5,8,11-16H2,1-3H3/t18-,21-,22+,23+,24-,25-,26-/m0/s1. The van der Waals surface area contributed by atoms with Gasteiger partial charge in [-0.1, -0.05) is 38.0 Å². The van der Waals surface area contributed by atoms with Crippen LogP contribution in [0.25, 0.3) is 0 Å². The van der Waals surface area contributed by atoms with Crippen molar-refractivity contribution in [1.29, 1.82) is 0 Å². The fourth-order valence-electron chi connectivity index (χ4n) is 8.16. The largest absolute Gasteiger partial charge is 0.300 e. The summed E-state index contributed by atoms with van der Waals surface area (Å²) in [6.07, 6.45) is 8.59. The van der Waals surface area contributed by atoms with Crippen LogP contribution >= 0.6 is 0 Å². The molecule has 0 unspecified atom stereocenters. The molecule has 0 aliphatic heterocycles. The number of aryl methyl sites for hydroxylation is 1. The van der Waals surface area contributed by atoms with Crippen LogP contribution in [0.2, 0.25) is 0 Å². The monoisotopic (exact) mass is 444 g/mol. The van der Waals surface area contributed by atoms with Crippen LogP contribution in [-0.4, -0.2) is 20.3 Å². The molecule has 0 spiro atoms. The SMILES string of the molecule is Cc1ccc(S(=O)(=O)O[C@@H]2C[C@]3(C)CCC[C@@H]3[C@@H]3CC[C@H]4CC(=O)CC[C@]4(C)[C@@H]32)cc1. The van der Waals surface area contributed by atoms with Crippen LogP contribution < -0.4 is 0 Å². The number of Topliss-reactive ketones (excluding diaryl/α,β-unsaturated/α-hetero) is 1. The summed E-state index contributed by atoms with van der Waals surface area (Å²) in [5, 5.41) is 0. The molecule has 1 aromatic rings. The minimum Gasteiger partial charge on any atom is -0.300 e. The van der Waals surface area contributed by atoms with Gasteiger partial charge in [0.25, 0.3) is 10.1 Å². The molecule has 0 radical (unpaired) electrons. The molecule has 4 fully saturated rings. The Morgan fingerprint density at radius 1 is 1.03 bits per heavy atom. The highest BCUT2D eigenvalue weighted by Crippen LogP contribution is 2.66. The Balaban J connectivity index is 1.52. The van der Waals surface area contributed by atoms with Crippen molar-refractivity contribution in [2.24, 2.45) is 34.5 Å². The van der Waals surface area contributed by atoms with Crippen LogP contribution in [0.3, 0.4) is 0 Å². The van der Waals surface area contributed by atoms with Crippen molar-refractivity contribution in [2.45, 2.75) is 89.6 Å². The Bertz CT molecular complexity index is 968. The van der Waals surface area contributed by atoms with E-state index in [4.69, 9.17) is 4.18 Å². The van der Waals surface area contributed by atoms with E-state index in [1.807, 2.05) is 19.1 Å². The zero-order valence-electron chi connectivity index (χ0n) is 19.1.